The summed E-state index contributed by atoms with van der Waals surface area (Å²) in [6.45, 7) is 0. The number of rotatable bonds is 4. The van der Waals surface area contributed by atoms with Gasteiger partial charge in [0.15, 0.2) is 0 Å². The van der Waals surface area contributed by atoms with Crippen molar-refractivity contribution in [2.24, 2.45) is 5.73 Å². The molecule has 7 nitrogen and oxygen atoms in total. The van der Waals surface area contributed by atoms with Gasteiger partial charge in [0.2, 0.25) is 0 Å². The molecule has 0 atom stereocenters. The molecule has 0 radical (unpaired) electrons. The molecule has 0 unspecified atom stereocenters. The number of aromatic nitrogens is 1. The Labute approximate surface area is 124 Å². The molecule has 9 heteroatoms. The number of halogens is 1. The Bertz CT molecular complexity index is 861. The number of carbonyl (C=O) groups excluding carboxylic acids is 1. The Balaban J connectivity index is 2.45. The SMILES string of the molecule is NC(=O)c1ccccc1NS(=O)(=O)c1c[nH]c(=O)c(Cl)c1. The van der Waals surface area contributed by atoms with Gasteiger partial charge in [-0.1, -0.05) is 23.7 Å². The highest BCUT2D eigenvalue weighted by Crippen LogP contribution is 2.20. The Kier molecular flexibility index (Phi) is 4.01. The summed E-state index contributed by atoms with van der Waals surface area (Å²) < 4.78 is 26.6. The van der Waals surface area contributed by atoms with Gasteiger partial charge in [-0.25, -0.2) is 8.42 Å². The van der Waals surface area contributed by atoms with Crippen LogP contribution in [0.15, 0.2) is 46.2 Å². The number of hydrogen-bond donors (Lipinski definition) is 3. The van der Waals surface area contributed by atoms with Crippen LogP contribution in [-0.4, -0.2) is 19.3 Å². The molecule has 1 heterocycles. The normalized spacial score (nSPS) is 11.1. The van der Waals surface area contributed by atoms with Crippen molar-refractivity contribution in [2.45, 2.75) is 4.90 Å². The molecule has 2 rings (SSSR count). The standard InChI is InChI=1S/C12H10ClN3O4S/c13-9-5-7(6-15-12(9)18)21(19,20)16-10-4-2-1-3-8(10)11(14)17/h1-6,16H,(H2,14,17)(H,15,18). The number of hydrogen-bond acceptors (Lipinski definition) is 4. The van der Waals surface area contributed by atoms with Crippen LogP contribution in [0, 0.1) is 0 Å². The number of H-pyrrole nitrogens is 1. The maximum absolute atomic E-state index is 12.2. The van der Waals surface area contributed by atoms with E-state index in [9.17, 15) is 18.0 Å². The van der Waals surface area contributed by atoms with Gasteiger partial charge in [0.1, 0.15) is 9.92 Å². The molecule has 0 saturated carbocycles. The van der Waals surface area contributed by atoms with Crippen LogP contribution in [0.5, 0.6) is 0 Å². The third-order valence-electron chi connectivity index (χ3n) is 2.58. The number of anilines is 1. The number of nitrogens with two attached hydrogens (primary N) is 1. The number of pyridine rings is 1. The molecule has 0 aliphatic rings. The minimum atomic E-state index is -4.02. The first-order valence-corrected chi connectivity index (χ1v) is 7.47. The molecule has 1 aromatic carbocycles. The van der Waals surface area contributed by atoms with Crippen molar-refractivity contribution in [3.63, 3.8) is 0 Å². The highest BCUT2D eigenvalue weighted by Gasteiger charge is 2.18. The lowest BCUT2D eigenvalue weighted by molar-refractivity contribution is 0.100. The van der Waals surface area contributed by atoms with E-state index in [0.717, 1.165) is 12.3 Å². The number of sulfonamides is 1. The fourth-order valence-electron chi connectivity index (χ4n) is 1.58. The van der Waals surface area contributed by atoms with Crippen LogP contribution in [0.1, 0.15) is 10.4 Å². The first kappa shape index (κ1) is 15.1. The Hall–Kier alpha value is -2.32. The topological polar surface area (TPSA) is 122 Å². The fourth-order valence-corrected chi connectivity index (χ4v) is 2.89. The van der Waals surface area contributed by atoms with Crippen LogP contribution >= 0.6 is 11.6 Å². The van der Waals surface area contributed by atoms with Gasteiger partial charge in [-0.05, 0) is 18.2 Å². The minimum Gasteiger partial charge on any atom is -0.366 e. The maximum Gasteiger partial charge on any atom is 0.266 e. The average Bonchev–Trinajstić information content (AvgIpc) is 2.41. The molecule has 0 fully saturated rings. The van der Waals surface area contributed by atoms with Crippen molar-refractivity contribution in [2.75, 3.05) is 4.72 Å². The summed E-state index contributed by atoms with van der Waals surface area (Å²) in [5.41, 5.74) is 4.63. The van der Waals surface area contributed by atoms with Crippen LogP contribution in [0.25, 0.3) is 0 Å². The summed E-state index contributed by atoms with van der Waals surface area (Å²) in [6, 6.07) is 6.89. The summed E-state index contributed by atoms with van der Waals surface area (Å²) in [7, 11) is -4.02. The number of nitrogens with one attached hydrogen (secondary N) is 2. The molecule has 1 amide bonds. The molecule has 110 valence electrons. The highest BCUT2D eigenvalue weighted by atomic mass is 35.5. The summed E-state index contributed by atoms with van der Waals surface area (Å²) >= 11 is 5.59. The van der Waals surface area contributed by atoms with E-state index in [1.54, 1.807) is 12.1 Å². The molecule has 2 aromatic rings. The summed E-state index contributed by atoms with van der Waals surface area (Å²) in [6.07, 6.45) is 1.00. The van der Waals surface area contributed by atoms with Crippen LogP contribution in [-0.2, 0) is 10.0 Å². The Morgan fingerprint density at radius 2 is 1.95 bits per heavy atom. The number of para-hydroxylation sites is 1. The molecule has 1 aromatic heterocycles. The van der Waals surface area contributed by atoms with E-state index in [0.29, 0.717) is 0 Å². The molecule has 0 aliphatic carbocycles. The molecular formula is C12H10ClN3O4S. The summed E-state index contributed by atoms with van der Waals surface area (Å²) in [5.74, 6) is -0.771. The summed E-state index contributed by atoms with van der Waals surface area (Å²) in [4.78, 5) is 24.4. The predicted octanol–water partition coefficient (Wildman–Crippen LogP) is 0.928. The number of benzene rings is 1. The second-order valence-electron chi connectivity index (χ2n) is 4.03. The van der Waals surface area contributed by atoms with Crippen LogP contribution in [0.3, 0.4) is 0 Å². The van der Waals surface area contributed by atoms with Gasteiger partial charge < -0.3 is 10.7 Å². The molecular weight excluding hydrogens is 318 g/mol. The zero-order valence-electron chi connectivity index (χ0n) is 10.5. The van der Waals surface area contributed by atoms with E-state index in [4.69, 9.17) is 17.3 Å². The van der Waals surface area contributed by atoms with Crippen LogP contribution in [0.4, 0.5) is 5.69 Å². The van der Waals surface area contributed by atoms with E-state index < -0.39 is 21.5 Å². The molecule has 21 heavy (non-hydrogen) atoms. The van der Waals surface area contributed by atoms with Gasteiger partial charge in [-0.15, -0.1) is 0 Å². The smallest absolute Gasteiger partial charge is 0.266 e. The number of aromatic amines is 1. The predicted molar refractivity (Wildman–Crippen MR) is 77.8 cm³/mol. The van der Waals surface area contributed by atoms with Gasteiger partial charge in [-0.3, -0.25) is 14.3 Å². The van der Waals surface area contributed by atoms with E-state index in [-0.39, 0.29) is 21.2 Å². The second kappa shape index (κ2) is 5.58. The lowest BCUT2D eigenvalue weighted by atomic mass is 10.2. The number of primary amides is 1. The molecule has 0 spiro atoms. The largest absolute Gasteiger partial charge is 0.366 e. The zero-order chi connectivity index (χ0) is 15.6. The molecule has 4 N–H and O–H groups in total. The lowest BCUT2D eigenvalue weighted by Gasteiger charge is -2.10. The van der Waals surface area contributed by atoms with Crippen LogP contribution < -0.4 is 16.0 Å². The molecule has 0 aliphatic heterocycles. The van der Waals surface area contributed by atoms with E-state index in [2.05, 4.69) is 9.71 Å². The van der Waals surface area contributed by atoms with E-state index in [1.807, 2.05) is 0 Å². The third-order valence-corrected chi connectivity index (χ3v) is 4.20. The monoisotopic (exact) mass is 327 g/mol. The number of carbonyl (C=O) groups is 1. The van der Waals surface area contributed by atoms with E-state index >= 15 is 0 Å². The van der Waals surface area contributed by atoms with Crippen LogP contribution in [0.2, 0.25) is 5.02 Å². The molecule has 0 bridgehead atoms. The van der Waals surface area contributed by atoms with Gasteiger partial charge in [0, 0.05) is 6.20 Å². The average molecular weight is 328 g/mol. The third kappa shape index (κ3) is 3.23. The number of amides is 1. The van der Waals surface area contributed by atoms with Gasteiger partial charge >= 0.3 is 0 Å². The lowest BCUT2D eigenvalue weighted by Crippen LogP contribution is -2.19. The maximum atomic E-state index is 12.2. The highest BCUT2D eigenvalue weighted by molar-refractivity contribution is 7.92. The van der Waals surface area contributed by atoms with E-state index in [1.165, 1.54) is 12.1 Å². The van der Waals surface area contributed by atoms with Gasteiger partial charge in [0.25, 0.3) is 21.5 Å². The van der Waals surface area contributed by atoms with Crippen molar-refractivity contribution in [3.05, 3.63) is 57.5 Å². The van der Waals surface area contributed by atoms with Gasteiger partial charge in [-0.2, -0.15) is 0 Å². The quantitative estimate of drug-likeness (QED) is 0.773. The first-order chi connectivity index (χ1) is 9.81. The fraction of sp³-hybridized carbons (Fsp3) is 0. The Morgan fingerprint density at radius 1 is 1.29 bits per heavy atom. The van der Waals surface area contributed by atoms with Crippen molar-refractivity contribution in [1.82, 2.24) is 4.98 Å². The molecule has 0 saturated heterocycles. The van der Waals surface area contributed by atoms with Crippen molar-refractivity contribution in [1.29, 1.82) is 0 Å². The minimum absolute atomic E-state index is 0.0246. The van der Waals surface area contributed by atoms with Crippen molar-refractivity contribution >= 4 is 33.2 Å². The first-order valence-electron chi connectivity index (χ1n) is 5.61. The second-order valence-corrected chi connectivity index (χ2v) is 6.12. The summed E-state index contributed by atoms with van der Waals surface area (Å²) in [5, 5.41) is -0.263. The zero-order valence-corrected chi connectivity index (χ0v) is 12.0. The van der Waals surface area contributed by atoms with Crippen molar-refractivity contribution in [3.8, 4) is 0 Å². The van der Waals surface area contributed by atoms with Crippen molar-refractivity contribution < 1.29 is 13.2 Å². The Morgan fingerprint density at radius 3 is 2.57 bits per heavy atom. The van der Waals surface area contributed by atoms with Gasteiger partial charge in [0.05, 0.1) is 11.3 Å².